The third-order valence-corrected chi connectivity index (χ3v) is 3.61. The van der Waals surface area contributed by atoms with E-state index in [0.717, 1.165) is 5.56 Å². The van der Waals surface area contributed by atoms with Gasteiger partial charge in [-0.2, -0.15) is 0 Å². The summed E-state index contributed by atoms with van der Waals surface area (Å²) in [5.41, 5.74) is 2.25. The van der Waals surface area contributed by atoms with E-state index in [2.05, 4.69) is 4.98 Å². The van der Waals surface area contributed by atoms with E-state index in [4.69, 9.17) is 11.6 Å². The standard InChI is InChI=1S/C16H13ClF2N2/c1-9-4-3-5-12(19)15(9)21-14-7-6-11(18)8-13(14)20-16(21)10(2)17/h3-8,10H,1-2H3. The molecule has 21 heavy (non-hydrogen) atoms. The topological polar surface area (TPSA) is 17.8 Å². The van der Waals surface area contributed by atoms with Gasteiger partial charge < -0.3 is 0 Å². The number of hydrogen-bond donors (Lipinski definition) is 0. The van der Waals surface area contributed by atoms with Crippen LogP contribution in [0.15, 0.2) is 36.4 Å². The second-order valence-corrected chi connectivity index (χ2v) is 5.61. The van der Waals surface area contributed by atoms with Crippen molar-refractivity contribution in [1.82, 2.24) is 9.55 Å². The zero-order chi connectivity index (χ0) is 15.1. The summed E-state index contributed by atoms with van der Waals surface area (Å²) < 4.78 is 29.3. The lowest BCUT2D eigenvalue weighted by atomic mass is 10.1. The zero-order valence-electron chi connectivity index (χ0n) is 11.6. The van der Waals surface area contributed by atoms with Gasteiger partial charge in [-0.25, -0.2) is 13.8 Å². The number of halogens is 3. The molecule has 2 nitrogen and oxygen atoms in total. The van der Waals surface area contributed by atoms with E-state index in [1.165, 1.54) is 18.2 Å². The molecule has 0 radical (unpaired) electrons. The van der Waals surface area contributed by atoms with E-state index in [-0.39, 0.29) is 11.6 Å². The average molecular weight is 307 g/mol. The summed E-state index contributed by atoms with van der Waals surface area (Å²) in [6.07, 6.45) is 0. The monoisotopic (exact) mass is 306 g/mol. The van der Waals surface area contributed by atoms with Gasteiger partial charge in [0.1, 0.15) is 17.5 Å². The Morgan fingerprint density at radius 3 is 2.62 bits per heavy atom. The first-order valence-electron chi connectivity index (χ1n) is 6.56. The average Bonchev–Trinajstić information content (AvgIpc) is 2.77. The molecule has 0 aliphatic carbocycles. The molecule has 5 heteroatoms. The fraction of sp³-hybridized carbons (Fsp3) is 0.188. The lowest BCUT2D eigenvalue weighted by Crippen LogP contribution is -2.06. The Morgan fingerprint density at radius 2 is 1.95 bits per heavy atom. The molecule has 1 aromatic heterocycles. The molecule has 0 fully saturated rings. The molecule has 0 spiro atoms. The first-order valence-corrected chi connectivity index (χ1v) is 7.00. The molecule has 2 aromatic carbocycles. The van der Waals surface area contributed by atoms with E-state index in [0.29, 0.717) is 22.5 Å². The number of fused-ring (bicyclic) bond motifs is 1. The van der Waals surface area contributed by atoms with Gasteiger partial charge in [-0.1, -0.05) is 12.1 Å². The summed E-state index contributed by atoms with van der Waals surface area (Å²) in [6, 6.07) is 9.10. The van der Waals surface area contributed by atoms with Gasteiger partial charge >= 0.3 is 0 Å². The van der Waals surface area contributed by atoms with Crippen molar-refractivity contribution in [3.8, 4) is 5.69 Å². The summed E-state index contributed by atoms with van der Waals surface area (Å²) in [5, 5.41) is -0.431. The van der Waals surface area contributed by atoms with E-state index >= 15 is 0 Å². The van der Waals surface area contributed by atoms with E-state index in [9.17, 15) is 8.78 Å². The van der Waals surface area contributed by atoms with Crippen LogP contribution in [0.25, 0.3) is 16.7 Å². The van der Waals surface area contributed by atoms with Gasteiger partial charge in [0, 0.05) is 6.07 Å². The van der Waals surface area contributed by atoms with Crippen molar-refractivity contribution in [2.24, 2.45) is 0 Å². The van der Waals surface area contributed by atoms with Crippen molar-refractivity contribution in [3.05, 3.63) is 59.4 Å². The lowest BCUT2D eigenvalue weighted by molar-refractivity contribution is 0.615. The van der Waals surface area contributed by atoms with Gasteiger partial charge in [0.2, 0.25) is 0 Å². The van der Waals surface area contributed by atoms with E-state index < -0.39 is 5.38 Å². The number of benzene rings is 2. The van der Waals surface area contributed by atoms with Crippen molar-refractivity contribution in [2.45, 2.75) is 19.2 Å². The molecule has 1 unspecified atom stereocenters. The van der Waals surface area contributed by atoms with Gasteiger partial charge in [0.15, 0.2) is 0 Å². The Hall–Kier alpha value is -1.94. The van der Waals surface area contributed by atoms with E-state index in [1.807, 2.05) is 13.0 Å². The van der Waals surface area contributed by atoms with Crippen LogP contribution >= 0.6 is 11.6 Å². The Kier molecular flexibility index (Phi) is 3.41. The number of para-hydroxylation sites is 1. The number of rotatable bonds is 2. The van der Waals surface area contributed by atoms with Crippen LogP contribution < -0.4 is 0 Å². The molecular formula is C16H13ClF2N2. The van der Waals surface area contributed by atoms with Crippen molar-refractivity contribution in [3.63, 3.8) is 0 Å². The highest BCUT2D eigenvalue weighted by Gasteiger charge is 2.20. The second kappa shape index (κ2) is 5.11. The number of imidazole rings is 1. The highest BCUT2D eigenvalue weighted by molar-refractivity contribution is 6.20. The molecule has 108 valence electrons. The normalized spacial score (nSPS) is 12.8. The minimum absolute atomic E-state index is 0.364. The fourth-order valence-corrected chi connectivity index (χ4v) is 2.63. The SMILES string of the molecule is Cc1cccc(F)c1-n1c(C(C)Cl)nc2cc(F)ccc21. The summed E-state index contributed by atoms with van der Waals surface area (Å²) in [4.78, 5) is 4.36. The predicted octanol–water partition coefficient (Wildman–Crippen LogP) is 4.91. The molecule has 0 aliphatic heterocycles. The molecule has 0 N–H and O–H groups in total. The smallest absolute Gasteiger partial charge is 0.147 e. The maximum absolute atomic E-state index is 14.3. The molecule has 1 heterocycles. The highest BCUT2D eigenvalue weighted by atomic mass is 35.5. The minimum Gasteiger partial charge on any atom is -0.292 e. The fourth-order valence-electron chi connectivity index (χ4n) is 2.48. The van der Waals surface area contributed by atoms with Crippen molar-refractivity contribution >= 4 is 22.6 Å². The van der Waals surface area contributed by atoms with Gasteiger partial charge in [-0.15, -0.1) is 11.6 Å². The molecular weight excluding hydrogens is 294 g/mol. The van der Waals surface area contributed by atoms with E-state index in [1.54, 1.807) is 23.6 Å². The molecule has 0 bridgehead atoms. The summed E-state index contributed by atoms with van der Waals surface area (Å²) >= 11 is 6.17. The Balaban J connectivity index is 2.42. The second-order valence-electron chi connectivity index (χ2n) is 4.96. The maximum atomic E-state index is 14.3. The summed E-state index contributed by atoms with van der Waals surface area (Å²) in [7, 11) is 0. The quantitative estimate of drug-likeness (QED) is 0.615. The first kappa shape index (κ1) is 14.0. The van der Waals surface area contributed by atoms with Crippen molar-refractivity contribution in [2.75, 3.05) is 0 Å². The first-order chi connectivity index (χ1) is 9.99. The molecule has 3 rings (SSSR count). The Morgan fingerprint density at radius 1 is 1.19 bits per heavy atom. The number of aryl methyl sites for hydroxylation is 1. The van der Waals surface area contributed by atoms with Crippen molar-refractivity contribution in [1.29, 1.82) is 0 Å². The lowest BCUT2D eigenvalue weighted by Gasteiger charge is -2.14. The van der Waals surface area contributed by atoms with Crippen LogP contribution in [0.5, 0.6) is 0 Å². The van der Waals surface area contributed by atoms with Crippen LogP contribution in [0.3, 0.4) is 0 Å². The van der Waals surface area contributed by atoms with Gasteiger partial charge in [0.05, 0.1) is 22.1 Å². The van der Waals surface area contributed by atoms with Crippen molar-refractivity contribution < 1.29 is 8.78 Å². The number of nitrogens with zero attached hydrogens (tertiary/aromatic N) is 2. The number of hydrogen-bond acceptors (Lipinski definition) is 1. The van der Waals surface area contributed by atoms with Crippen LogP contribution in [0.2, 0.25) is 0 Å². The number of aromatic nitrogens is 2. The largest absolute Gasteiger partial charge is 0.292 e. The van der Waals surface area contributed by atoms with Crippen LogP contribution in [0, 0.1) is 18.6 Å². The van der Waals surface area contributed by atoms with Gasteiger partial charge in [-0.3, -0.25) is 4.57 Å². The molecule has 0 aliphatic rings. The third kappa shape index (κ3) is 2.29. The Labute approximate surface area is 126 Å². The van der Waals surface area contributed by atoms with Crippen LogP contribution in [0.4, 0.5) is 8.78 Å². The van der Waals surface area contributed by atoms with Crippen LogP contribution in [-0.2, 0) is 0 Å². The number of alkyl halides is 1. The summed E-state index contributed by atoms with van der Waals surface area (Å²) in [6.45, 7) is 3.57. The molecule has 1 atom stereocenters. The third-order valence-electron chi connectivity index (χ3n) is 3.41. The minimum atomic E-state index is -0.431. The maximum Gasteiger partial charge on any atom is 0.147 e. The molecule has 0 amide bonds. The summed E-state index contributed by atoms with van der Waals surface area (Å²) in [5.74, 6) is -0.256. The molecule has 0 saturated carbocycles. The van der Waals surface area contributed by atoms with Crippen LogP contribution in [0.1, 0.15) is 23.7 Å². The molecule has 0 saturated heterocycles. The van der Waals surface area contributed by atoms with Gasteiger partial charge in [0.25, 0.3) is 0 Å². The Bertz CT molecular complexity index is 804. The van der Waals surface area contributed by atoms with Gasteiger partial charge in [-0.05, 0) is 37.6 Å². The molecule has 3 aromatic rings. The predicted molar refractivity (Wildman–Crippen MR) is 80.0 cm³/mol. The zero-order valence-corrected chi connectivity index (χ0v) is 12.3. The highest BCUT2D eigenvalue weighted by Crippen LogP contribution is 2.31. The van der Waals surface area contributed by atoms with Crippen LogP contribution in [-0.4, -0.2) is 9.55 Å².